The Morgan fingerprint density at radius 3 is 2.81 bits per heavy atom. The summed E-state index contributed by atoms with van der Waals surface area (Å²) >= 11 is -1.61. The molecule has 3 nitrogen and oxygen atoms in total. The maximum atomic E-state index is 6.17. The number of halogens is 1. The van der Waals surface area contributed by atoms with Gasteiger partial charge in [-0.1, -0.05) is 0 Å². The molecule has 3 aromatic rings. The van der Waals surface area contributed by atoms with Crippen molar-refractivity contribution in [2.24, 2.45) is 0 Å². The van der Waals surface area contributed by atoms with Crippen LogP contribution in [0.25, 0.3) is 22.6 Å². The molecule has 0 N–H and O–H groups in total. The predicted octanol–water partition coefficient (Wildman–Crippen LogP) is 3.30. The number of imidazole rings is 1. The van der Waals surface area contributed by atoms with E-state index in [1.165, 1.54) is 0 Å². The zero-order chi connectivity index (χ0) is 11.0. The normalized spacial score (nSPS) is 10.6. The van der Waals surface area contributed by atoms with Gasteiger partial charge in [0.15, 0.2) is 0 Å². The molecule has 0 fully saturated rings. The molecule has 0 amide bonds. The van der Waals surface area contributed by atoms with E-state index in [2.05, 4.69) is 13.4 Å². The molecule has 1 aromatic carbocycles. The molecule has 0 spiro atoms. The van der Waals surface area contributed by atoms with E-state index in [4.69, 9.17) is 12.7 Å². The van der Waals surface area contributed by atoms with Crippen molar-refractivity contribution in [3.05, 3.63) is 42.7 Å². The Labute approximate surface area is 108 Å². The van der Waals surface area contributed by atoms with Crippen molar-refractivity contribution in [2.75, 3.05) is 0 Å². The van der Waals surface area contributed by atoms with Crippen LogP contribution in [0.1, 0.15) is 0 Å². The van der Waals surface area contributed by atoms with E-state index < -0.39 is 23.6 Å². The molecular weight excluding hydrogens is 412 g/mol. The van der Waals surface area contributed by atoms with Gasteiger partial charge < -0.3 is 0 Å². The Morgan fingerprint density at radius 1 is 1.19 bits per heavy atom. The van der Waals surface area contributed by atoms with E-state index in [1.807, 2.05) is 30.3 Å². The molecule has 2 heterocycles. The van der Waals surface area contributed by atoms with Crippen LogP contribution in [0.5, 0.6) is 0 Å². The van der Waals surface area contributed by atoms with E-state index in [1.54, 1.807) is 6.26 Å². The van der Waals surface area contributed by atoms with Crippen molar-refractivity contribution in [1.82, 2.24) is 7.32 Å². The molecule has 0 saturated carbocycles. The number of rotatable bonds is 2. The molecule has 3 rings (SSSR count). The molecular formula is C11H7ClHgN2O. The predicted molar refractivity (Wildman–Crippen MR) is 58.7 cm³/mol. The molecule has 0 atom stereocenters. The molecule has 0 aliphatic heterocycles. The Bertz CT molecular complexity index is 618. The van der Waals surface area contributed by atoms with Gasteiger partial charge in [0.1, 0.15) is 0 Å². The van der Waals surface area contributed by atoms with Gasteiger partial charge in [0.05, 0.1) is 0 Å². The van der Waals surface area contributed by atoms with Crippen LogP contribution in [0.15, 0.2) is 47.1 Å². The third-order valence-electron chi connectivity index (χ3n) is 2.52. The number of benzene rings is 1. The maximum absolute atomic E-state index is 6.17. The van der Waals surface area contributed by atoms with E-state index in [0.29, 0.717) is 0 Å². The van der Waals surface area contributed by atoms with Gasteiger partial charge in [-0.05, 0) is 0 Å². The molecule has 16 heavy (non-hydrogen) atoms. The summed E-state index contributed by atoms with van der Waals surface area (Å²) in [6.07, 6.45) is 1.66. The quantitative estimate of drug-likeness (QED) is 0.597. The van der Waals surface area contributed by atoms with Gasteiger partial charge in [0.2, 0.25) is 0 Å². The summed E-state index contributed by atoms with van der Waals surface area (Å²) in [5.41, 5.74) is 2.10. The van der Waals surface area contributed by atoms with E-state index in [-0.39, 0.29) is 0 Å². The molecule has 0 bridgehead atoms. The van der Waals surface area contributed by atoms with Gasteiger partial charge in [-0.15, -0.1) is 0 Å². The fourth-order valence-electron chi connectivity index (χ4n) is 1.79. The van der Waals surface area contributed by atoms with Crippen LogP contribution in [-0.2, 0) is 23.6 Å². The summed E-state index contributed by atoms with van der Waals surface area (Å²) in [6.45, 7) is 0. The molecule has 76 valence electrons. The van der Waals surface area contributed by atoms with Gasteiger partial charge in [0.25, 0.3) is 0 Å². The van der Waals surface area contributed by atoms with Gasteiger partial charge in [-0.25, -0.2) is 0 Å². The number of furan rings is 1. The fraction of sp³-hybridized carbons (Fsp3) is 0. The Morgan fingerprint density at radius 2 is 2.06 bits per heavy atom. The summed E-state index contributed by atoms with van der Waals surface area (Å²) in [5.74, 6) is 1.65. The van der Waals surface area contributed by atoms with Gasteiger partial charge in [-0.2, -0.15) is 0 Å². The Hall–Kier alpha value is -0.805. The van der Waals surface area contributed by atoms with E-state index in [9.17, 15) is 0 Å². The number of para-hydroxylation sites is 2. The van der Waals surface area contributed by atoms with Crippen molar-refractivity contribution < 1.29 is 28.1 Å². The molecule has 0 unspecified atom stereocenters. The van der Waals surface area contributed by atoms with Crippen LogP contribution in [0.2, 0.25) is 0 Å². The van der Waals surface area contributed by atoms with Crippen molar-refractivity contribution >= 4 is 19.3 Å². The van der Waals surface area contributed by atoms with Crippen LogP contribution < -0.4 is 0 Å². The summed E-state index contributed by atoms with van der Waals surface area (Å²) in [5, 5.41) is 0. The Balaban J connectivity index is 2.32. The van der Waals surface area contributed by atoms with Crippen LogP contribution in [-0.4, -0.2) is 7.32 Å². The third-order valence-corrected chi connectivity index (χ3v) is 8.03. The molecule has 0 aliphatic rings. The second kappa shape index (κ2) is 4.22. The average Bonchev–Trinajstić information content (AvgIpc) is 2.95. The second-order valence-electron chi connectivity index (χ2n) is 3.45. The molecule has 0 saturated heterocycles. The fourth-order valence-corrected chi connectivity index (χ4v) is 6.77. The van der Waals surface area contributed by atoms with Crippen LogP contribution in [0.4, 0.5) is 0 Å². The summed E-state index contributed by atoms with van der Waals surface area (Å²) < 4.78 is 7.53. The third kappa shape index (κ3) is 1.58. The first-order valence-electron chi connectivity index (χ1n) is 4.95. The first kappa shape index (κ1) is 10.4. The van der Waals surface area contributed by atoms with Crippen molar-refractivity contribution in [1.29, 1.82) is 0 Å². The first-order chi connectivity index (χ1) is 7.90. The monoisotopic (exact) mass is 420 g/mol. The number of hydrogen-bond donors (Lipinski definition) is 0. The molecule has 0 radical (unpaired) electrons. The van der Waals surface area contributed by atoms with Gasteiger partial charge >= 0.3 is 109 Å². The van der Waals surface area contributed by atoms with Crippen molar-refractivity contribution in [3.8, 4) is 11.6 Å². The minimum absolute atomic E-state index is 0.789. The van der Waals surface area contributed by atoms with Crippen LogP contribution in [0, 0.1) is 0 Å². The Kier molecular flexibility index (Phi) is 2.73. The molecule has 2 aromatic heterocycles. The van der Waals surface area contributed by atoms with Crippen LogP contribution >= 0.6 is 8.25 Å². The van der Waals surface area contributed by atoms with Gasteiger partial charge in [0, 0.05) is 0 Å². The SMILES string of the molecule is [Cl][Hg][n]1c(-c2ccco2)nc2ccccc21. The zero-order valence-corrected chi connectivity index (χ0v) is 14.7. The number of aromatic nitrogens is 2. The number of hydrogen-bond acceptors (Lipinski definition) is 2. The molecule has 0 aliphatic carbocycles. The topological polar surface area (TPSA) is 31.0 Å². The first-order valence-corrected chi connectivity index (χ1v) is 14.2. The zero-order valence-electron chi connectivity index (χ0n) is 8.43. The minimum atomic E-state index is -1.61. The standard InChI is InChI=1S/C11H7N2O.ClH.Hg/c1-2-5-9-8(4-1)12-11(13-9)10-6-3-7-14-10;;/h1-7H;1H;/q-1;;+2/p-1. The van der Waals surface area contributed by atoms with Crippen LogP contribution in [0.3, 0.4) is 0 Å². The summed E-state index contributed by atoms with van der Waals surface area (Å²) in [7, 11) is 6.17. The summed E-state index contributed by atoms with van der Waals surface area (Å²) in [4.78, 5) is 4.57. The number of nitrogens with zero attached hydrogens (tertiary/aromatic N) is 2. The van der Waals surface area contributed by atoms with E-state index in [0.717, 1.165) is 22.6 Å². The van der Waals surface area contributed by atoms with Gasteiger partial charge in [-0.3, -0.25) is 0 Å². The molecule has 5 heteroatoms. The van der Waals surface area contributed by atoms with Crippen molar-refractivity contribution in [3.63, 3.8) is 0 Å². The van der Waals surface area contributed by atoms with E-state index >= 15 is 0 Å². The number of fused-ring (bicyclic) bond motifs is 1. The summed E-state index contributed by atoms with van der Waals surface area (Å²) in [6, 6.07) is 11.8. The average molecular weight is 419 g/mol. The second-order valence-corrected chi connectivity index (χ2v) is 8.93. The van der Waals surface area contributed by atoms with Crippen molar-refractivity contribution in [2.45, 2.75) is 0 Å².